The van der Waals surface area contributed by atoms with Crippen molar-refractivity contribution in [1.29, 1.82) is 0 Å². The van der Waals surface area contributed by atoms with Crippen molar-refractivity contribution in [3.05, 3.63) is 17.8 Å². The van der Waals surface area contributed by atoms with E-state index in [0.717, 1.165) is 4.52 Å². The van der Waals surface area contributed by atoms with Gasteiger partial charge in [-0.05, 0) is 6.07 Å². The highest BCUT2D eigenvalue weighted by atomic mass is 19.4. The molecule has 0 saturated carbocycles. The summed E-state index contributed by atoms with van der Waals surface area (Å²) in [6.07, 6.45) is -3.64. The Labute approximate surface area is 138 Å². The molecule has 0 aliphatic carbocycles. The van der Waals surface area contributed by atoms with Crippen LogP contribution in [0.3, 0.4) is 0 Å². The van der Waals surface area contributed by atoms with E-state index in [0.29, 0.717) is 31.9 Å². The fourth-order valence-electron chi connectivity index (χ4n) is 2.45. The van der Waals surface area contributed by atoms with Gasteiger partial charge in [-0.25, -0.2) is 9.31 Å². The molecule has 134 valence electrons. The number of pyridine rings is 1. The van der Waals surface area contributed by atoms with E-state index in [-0.39, 0.29) is 11.2 Å². The number of nitrogens with one attached hydrogen (secondary N) is 2. The molecule has 1 amide bonds. The van der Waals surface area contributed by atoms with Crippen molar-refractivity contribution >= 4 is 29.2 Å². The monoisotopic (exact) mass is 358 g/mol. The molecular formula is C13H13F3N6O3. The molecule has 1 aliphatic rings. The summed E-state index contributed by atoms with van der Waals surface area (Å²) in [5, 5.41) is 17.7. The molecule has 3 rings (SSSR count). The molecule has 2 aromatic rings. The number of hydrogen-bond donors (Lipinski definition) is 3. The lowest BCUT2D eigenvalue weighted by Crippen LogP contribution is -2.43. The van der Waals surface area contributed by atoms with Crippen molar-refractivity contribution in [2.24, 2.45) is 0 Å². The standard InChI is InChI=1S/C13H13F3N6O3/c14-13(15,16)11(25)19-12-18-9-8(10(23)24)5-7(6-22(9)20-12)21-3-1-17-2-4-21/h5-6,17H,1-4H2,(H,23,24)(H,19,20,25). The summed E-state index contributed by atoms with van der Waals surface area (Å²) in [4.78, 5) is 28.0. The first-order chi connectivity index (χ1) is 11.8. The number of piperazine rings is 1. The fraction of sp³-hybridized carbons (Fsp3) is 0.385. The van der Waals surface area contributed by atoms with E-state index in [1.165, 1.54) is 17.6 Å². The quantitative estimate of drug-likeness (QED) is 0.725. The minimum Gasteiger partial charge on any atom is -0.478 e. The molecule has 12 heteroatoms. The Balaban J connectivity index is 2.00. The maximum absolute atomic E-state index is 12.3. The van der Waals surface area contributed by atoms with Crippen LogP contribution < -0.4 is 15.5 Å². The normalized spacial score (nSPS) is 15.4. The Bertz CT molecular complexity index is 828. The highest BCUT2D eigenvalue weighted by molar-refractivity contribution is 5.97. The van der Waals surface area contributed by atoms with Crippen molar-refractivity contribution in [3.8, 4) is 0 Å². The van der Waals surface area contributed by atoms with Crippen LogP contribution in [0, 0.1) is 0 Å². The van der Waals surface area contributed by atoms with Crippen LogP contribution in [-0.2, 0) is 4.79 Å². The van der Waals surface area contributed by atoms with Gasteiger partial charge in [0.2, 0.25) is 5.95 Å². The number of amides is 1. The van der Waals surface area contributed by atoms with Crippen LogP contribution in [0.15, 0.2) is 12.3 Å². The Morgan fingerprint density at radius 3 is 2.56 bits per heavy atom. The van der Waals surface area contributed by atoms with Crippen molar-refractivity contribution < 1.29 is 27.9 Å². The lowest BCUT2D eigenvalue weighted by Gasteiger charge is -2.29. The number of carbonyl (C=O) groups is 2. The molecular weight excluding hydrogens is 345 g/mol. The zero-order valence-corrected chi connectivity index (χ0v) is 12.7. The maximum atomic E-state index is 12.3. The Morgan fingerprint density at radius 2 is 1.96 bits per heavy atom. The Kier molecular flexibility index (Phi) is 4.20. The number of hydrogen-bond acceptors (Lipinski definition) is 6. The number of rotatable bonds is 3. The molecule has 1 fully saturated rings. The first-order valence-corrected chi connectivity index (χ1v) is 7.23. The molecule has 9 nitrogen and oxygen atoms in total. The molecule has 1 aliphatic heterocycles. The van der Waals surface area contributed by atoms with E-state index < -0.39 is 24.0 Å². The average molecular weight is 358 g/mol. The zero-order chi connectivity index (χ0) is 18.2. The SMILES string of the molecule is O=C(O)c1cc(N2CCNCC2)cn2nc(NC(=O)C(F)(F)F)nc12. The molecule has 0 aromatic carbocycles. The van der Waals surface area contributed by atoms with Gasteiger partial charge in [0.15, 0.2) is 5.65 Å². The number of halogens is 3. The van der Waals surface area contributed by atoms with E-state index in [1.54, 1.807) is 0 Å². The lowest BCUT2D eigenvalue weighted by atomic mass is 10.2. The molecule has 3 N–H and O–H groups in total. The second kappa shape index (κ2) is 6.20. The predicted molar refractivity (Wildman–Crippen MR) is 79.7 cm³/mol. The number of aromatic nitrogens is 3. The third-order valence-electron chi connectivity index (χ3n) is 3.61. The van der Waals surface area contributed by atoms with Gasteiger partial charge in [-0.2, -0.15) is 18.2 Å². The van der Waals surface area contributed by atoms with Crippen LogP contribution in [0.2, 0.25) is 0 Å². The zero-order valence-electron chi connectivity index (χ0n) is 12.7. The van der Waals surface area contributed by atoms with Gasteiger partial charge in [-0.1, -0.05) is 0 Å². The highest BCUT2D eigenvalue weighted by Gasteiger charge is 2.39. The fourth-order valence-corrected chi connectivity index (χ4v) is 2.45. The Morgan fingerprint density at radius 1 is 1.28 bits per heavy atom. The topological polar surface area (TPSA) is 112 Å². The molecule has 0 radical (unpaired) electrons. The third-order valence-corrected chi connectivity index (χ3v) is 3.61. The minimum atomic E-state index is -5.10. The van der Waals surface area contributed by atoms with Gasteiger partial charge in [-0.15, -0.1) is 5.10 Å². The molecule has 0 spiro atoms. The molecule has 1 saturated heterocycles. The number of nitrogens with zero attached hydrogens (tertiary/aromatic N) is 4. The summed E-state index contributed by atoms with van der Waals surface area (Å²) in [5.41, 5.74) is 0.157. The van der Waals surface area contributed by atoms with Crippen LogP contribution in [0.4, 0.5) is 24.8 Å². The van der Waals surface area contributed by atoms with Crippen LogP contribution >= 0.6 is 0 Å². The van der Waals surface area contributed by atoms with E-state index in [1.807, 2.05) is 4.90 Å². The first-order valence-electron chi connectivity index (χ1n) is 7.23. The lowest BCUT2D eigenvalue weighted by molar-refractivity contribution is -0.167. The predicted octanol–water partition coefficient (Wildman–Crippen LogP) is 0.338. The van der Waals surface area contributed by atoms with Gasteiger partial charge < -0.3 is 15.3 Å². The molecule has 3 heterocycles. The number of carboxylic acids is 1. The van der Waals surface area contributed by atoms with Crippen LogP contribution in [0.5, 0.6) is 0 Å². The second-order valence-corrected chi connectivity index (χ2v) is 5.31. The number of carboxylic acid groups (broad SMARTS) is 1. The smallest absolute Gasteiger partial charge is 0.471 e. The summed E-state index contributed by atoms with van der Waals surface area (Å²) in [6.45, 7) is 2.70. The summed E-state index contributed by atoms with van der Waals surface area (Å²) in [5.74, 6) is -4.16. The van der Waals surface area contributed by atoms with E-state index in [2.05, 4.69) is 15.4 Å². The number of carbonyl (C=O) groups excluding carboxylic acids is 1. The summed E-state index contributed by atoms with van der Waals surface area (Å²) >= 11 is 0. The van der Waals surface area contributed by atoms with Gasteiger partial charge in [-0.3, -0.25) is 10.1 Å². The van der Waals surface area contributed by atoms with Crippen molar-refractivity contribution in [2.75, 3.05) is 36.4 Å². The molecule has 0 unspecified atom stereocenters. The summed E-state index contributed by atoms with van der Waals surface area (Å²) in [6, 6.07) is 1.38. The van der Waals surface area contributed by atoms with Gasteiger partial charge in [0.25, 0.3) is 0 Å². The maximum Gasteiger partial charge on any atom is 0.471 e. The van der Waals surface area contributed by atoms with Crippen molar-refractivity contribution in [2.45, 2.75) is 6.18 Å². The van der Waals surface area contributed by atoms with Crippen molar-refractivity contribution in [1.82, 2.24) is 19.9 Å². The molecule has 0 atom stereocenters. The van der Waals surface area contributed by atoms with Gasteiger partial charge in [0.05, 0.1) is 11.9 Å². The highest BCUT2D eigenvalue weighted by Crippen LogP contribution is 2.22. The van der Waals surface area contributed by atoms with Crippen LogP contribution in [0.1, 0.15) is 10.4 Å². The minimum absolute atomic E-state index is 0.163. The van der Waals surface area contributed by atoms with Gasteiger partial charge in [0, 0.05) is 26.2 Å². The van der Waals surface area contributed by atoms with Gasteiger partial charge >= 0.3 is 18.1 Å². The Hall–Kier alpha value is -2.89. The summed E-state index contributed by atoms with van der Waals surface area (Å²) in [7, 11) is 0. The number of anilines is 2. The average Bonchev–Trinajstić information content (AvgIpc) is 2.95. The third kappa shape index (κ3) is 3.47. The molecule has 2 aromatic heterocycles. The number of fused-ring (bicyclic) bond motifs is 1. The van der Waals surface area contributed by atoms with E-state index in [4.69, 9.17) is 0 Å². The van der Waals surface area contributed by atoms with Gasteiger partial charge in [0.1, 0.15) is 5.56 Å². The largest absolute Gasteiger partial charge is 0.478 e. The van der Waals surface area contributed by atoms with Crippen molar-refractivity contribution in [3.63, 3.8) is 0 Å². The summed E-state index contributed by atoms with van der Waals surface area (Å²) < 4.78 is 38.0. The van der Waals surface area contributed by atoms with E-state index in [9.17, 15) is 27.9 Å². The number of alkyl halides is 3. The number of aromatic carboxylic acids is 1. The van der Waals surface area contributed by atoms with Crippen LogP contribution in [0.25, 0.3) is 5.65 Å². The second-order valence-electron chi connectivity index (χ2n) is 5.31. The molecule has 25 heavy (non-hydrogen) atoms. The van der Waals surface area contributed by atoms with Crippen LogP contribution in [-0.4, -0.2) is 63.9 Å². The van der Waals surface area contributed by atoms with E-state index >= 15 is 0 Å². The first kappa shape index (κ1) is 17.0. The molecule has 0 bridgehead atoms.